The summed E-state index contributed by atoms with van der Waals surface area (Å²) in [7, 11) is 1.49. The second-order valence-electron chi connectivity index (χ2n) is 8.07. The molecule has 0 aromatic heterocycles. The molecule has 0 fully saturated rings. The molecule has 0 saturated carbocycles. The quantitative estimate of drug-likeness (QED) is 0.234. The summed E-state index contributed by atoms with van der Waals surface area (Å²) in [6.07, 6.45) is -1.47. The predicted molar refractivity (Wildman–Crippen MR) is 160 cm³/mol. The smallest absolute Gasteiger partial charge is 0.336 e. The molecular weight excluding hydrogens is 574 g/mol. The zero-order chi connectivity index (χ0) is 34.1. The number of aliphatic carboxylic acids is 1. The number of Topliss-reactive ketones (excluding diaryl/α,β-unsaturated/α-hetero) is 2. The van der Waals surface area contributed by atoms with Crippen LogP contribution in [0.1, 0.15) is 96.8 Å². The van der Waals surface area contributed by atoms with E-state index in [0.29, 0.717) is 22.3 Å². The fraction of sp³-hybridized carbons (Fsp3) is 0.219. The first-order valence-electron chi connectivity index (χ1n) is 13.3. The number of imide groups is 1. The van der Waals surface area contributed by atoms with Crippen molar-refractivity contribution in [2.75, 3.05) is 7.05 Å². The molecule has 4 N–H and O–H groups in total. The maximum atomic E-state index is 11.3. The van der Waals surface area contributed by atoms with Crippen LogP contribution in [0.4, 0.5) is 0 Å². The highest BCUT2D eigenvalue weighted by molar-refractivity contribution is 6.28. The highest BCUT2D eigenvalue weighted by Gasteiger charge is 2.36. The van der Waals surface area contributed by atoms with Crippen molar-refractivity contribution in [1.29, 1.82) is 0 Å². The number of amides is 2. The first kappa shape index (κ1) is 38.5. The van der Waals surface area contributed by atoms with Crippen molar-refractivity contribution in [3.8, 4) is 0 Å². The standard InChI is InChI=1S/C9H7NO2.C9H6O3.C8H6O4.C2H4O2.2C2H6/c1-10-8(11)6-4-2-3-5-7(6)9(10)12;10-7-5-3-1-2-4-6(5)8(11)9(7)12;9-7(10)5-3-1-2-4-6(5)8(11)12;1-2(3)4;2*1-2/h2-5H,1H3;1-4,9,12H;1-4H,(H,9,10)(H,11,12);1H3,(H,3,4);2*1-2H3. The number of carboxylic acids is 3. The van der Waals surface area contributed by atoms with Crippen molar-refractivity contribution in [2.24, 2.45) is 0 Å². The maximum absolute atomic E-state index is 11.3. The number of carbonyl (C=O) groups is 7. The topological polar surface area (TPSA) is 204 Å². The van der Waals surface area contributed by atoms with Crippen molar-refractivity contribution < 1.29 is 54.0 Å². The number of hydrogen-bond donors (Lipinski definition) is 4. The molecule has 3 aromatic carbocycles. The monoisotopic (exact) mass is 609 g/mol. The molecular formula is C32H35NO11. The minimum Gasteiger partial charge on any atom is -0.481 e. The Hall–Kier alpha value is -5.49. The third kappa shape index (κ3) is 10.1. The molecule has 12 nitrogen and oxygen atoms in total. The van der Waals surface area contributed by atoms with Crippen LogP contribution < -0.4 is 0 Å². The average Bonchev–Trinajstić information content (AvgIpc) is 3.39. The van der Waals surface area contributed by atoms with Gasteiger partial charge in [0.1, 0.15) is 0 Å². The lowest BCUT2D eigenvalue weighted by atomic mass is 10.1. The fourth-order valence-corrected chi connectivity index (χ4v) is 3.49. The largest absolute Gasteiger partial charge is 0.481 e. The van der Waals surface area contributed by atoms with Gasteiger partial charge in [0.05, 0.1) is 22.3 Å². The normalized spacial score (nSPS) is 12.1. The Morgan fingerprint density at radius 1 is 0.568 bits per heavy atom. The Morgan fingerprint density at radius 3 is 1.09 bits per heavy atom. The van der Waals surface area contributed by atoms with E-state index in [-0.39, 0.29) is 22.9 Å². The van der Waals surface area contributed by atoms with E-state index in [0.717, 1.165) is 11.8 Å². The van der Waals surface area contributed by atoms with E-state index in [9.17, 15) is 28.8 Å². The fourth-order valence-electron chi connectivity index (χ4n) is 3.49. The summed E-state index contributed by atoms with van der Waals surface area (Å²) in [6.45, 7) is 9.08. The van der Waals surface area contributed by atoms with Crippen molar-refractivity contribution in [3.05, 3.63) is 106 Å². The van der Waals surface area contributed by atoms with Gasteiger partial charge in [-0.3, -0.25) is 28.9 Å². The molecule has 0 bridgehead atoms. The number of fused-ring (bicyclic) bond motifs is 2. The number of carbonyl (C=O) groups excluding carboxylic acids is 4. The van der Waals surface area contributed by atoms with E-state index < -0.39 is 35.6 Å². The Kier molecular flexibility index (Phi) is 16.5. The van der Waals surface area contributed by atoms with Gasteiger partial charge in [0.15, 0.2) is 17.7 Å². The molecule has 2 amide bonds. The second-order valence-corrected chi connectivity index (χ2v) is 8.07. The van der Waals surface area contributed by atoms with Gasteiger partial charge in [-0.1, -0.05) is 76.2 Å². The first-order valence-corrected chi connectivity index (χ1v) is 13.3. The Bertz CT molecular complexity index is 1330. The van der Waals surface area contributed by atoms with E-state index in [2.05, 4.69) is 0 Å². The number of aliphatic hydroxyl groups excluding tert-OH is 1. The summed E-state index contributed by atoms with van der Waals surface area (Å²) in [5, 5.41) is 33.6. The number of aliphatic hydroxyl groups is 1. The highest BCUT2D eigenvalue weighted by atomic mass is 16.4. The summed E-state index contributed by atoms with van der Waals surface area (Å²) in [4.78, 5) is 76.0. The Balaban J connectivity index is 0.000000563. The average molecular weight is 610 g/mol. The van der Waals surface area contributed by atoms with Crippen LogP contribution >= 0.6 is 0 Å². The molecule has 0 unspecified atom stereocenters. The summed E-state index contributed by atoms with van der Waals surface area (Å²) in [5.41, 5.74) is 1.29. The van der Waals surface area contributed by atoms with Gasteiger partial charge in [-0.2, -0.15) is 0 Å². The minimum absolute atomic E-state index is 0.190. The molecule has 1 aliphatic carbocycles. The highest BCUT2D eigenvalue weighted by Crippen LogP contribution is 2.22. The van der Waals surface area contributed by atoms with Crippen LogP contribution in [-0.2, 0) is 4.79 Å². The maximum Gasteiger partial charge on any atom is 0.336 e. The lowest BCUT2D eigenvalue weighted by Crippen LogP contribution is -2.24. The summed E-state index contributed by atoms with van der Waals surface area (Å²) in [5.74, 6) is -4.70. The van der Waals surface area contributed by atoms with Gasteiger partial charge in [0.25, 0.3) is 17.8 Å². The summed E-state index contributed by atoms with van der Waals surface area (Å²) in [6, 6.07) is 18.7. The van der Waals surface area contributed by atoms with E-state index in [1.54, 1.807) is 48.5 Å². The number of nitrogens with zero attached hydrogens (tertiary/aromatic N) is 1. The Morgan fingerprint density at radius 2 is 0.818 bits per heavy atom. The van der Waals surface area contributed by atoms with Crippen LogP contribution in [0.5, 0.6) is 0 Å². The van der Waals surface area contributed by atoms with Crippen LogP contribution in [0, 0.1) is 0 Å². The molecule has 12 heteroatoms. The van der Waals surface area contributed by atoms with Gasteiger partial charge in [-0.05, 0) is 24.3 Å². The predicted octanol–water partition coefficient (Wildman–Crippen LogP) is 4.57. The van der Waals surface area contributed by atoms with Gasteiger partial charge in [0, 0.05) is 25.1 Å². The van der Waals surface area contributed by atoms with Crippen LogP contribution in [0.15, 0.2) is 72.8 Å². The zero-order valence-electron chi connectivity index (χ0n) is 25.1. The SMILES string of the molecule is CC.CC.CC(=O)O.CN1C(=O)c2ccccc2C1=O.O=C(O)c1ccccc1C(=O)O.O=C1c2ccccc2C(=O)C1O. The number of ketones is 2. The van der Waals surface area contributed by atoms with Crippen LogP contribution in [0.25, 0.3) is 0 Å². The molecule has 44 heavy (non-hydrogen) atoms. The van der Waals surface area contributed by atoms with Crippen molar-refractivity contribution in [2.45, 2.75) is 40.7 Å². The molecule has 234 valence electrons. The van der Waals surface area contributed by atoms with Crippen molar-refractivity contribution in [3.63, 3.8) is 0 Å². The van der Waals surface area contributed by atoms with E-state index in [1.165, 1.54) is 31.3 Å². The molecule has 3 aromatic rings. The second kappa shape index (κ2) is 18.8. The van der Waals surface area contributed by atoms with Crippen molar-refractivity contribution >= 4 is 41.3 Å². The van der Waals surface area contributed by atoms with Gasteiger partial charge < -0.3 is 20.4 Å². The van der Waals surface area contributed by atoms with Crippen LogP contribution in [-0.4, -0.2) is 79.8 Å². The van der Waals surface area contributed by atoms with Gasteiger partial charge >= 0.3 is 11.9 Å². The summed E-state index contributed by atoms with van der Waals surface area (Å²) >= 11 is 0. The molecule has 0 saturated heterocycles. The number of carboxylic acid groups (broad SMARTS) is 3. The lowest BCUT2D eigenvalue weighted by Gasteiger charge is -2.02. The zero-order valence-corrected chi connectivity index (χ0v) is 25.1. The van der Waals surface area contributed by atoms with Gasteiger partial charge in [-0.15, -0.1) is 0 Å². The molecule has 1 aliphatic heterocycles. The van der Waals surface area contributed by atoms with E-state index in [1.807, 2.05) is 27.7 Å². The van der Waals surface area contributed by atoms with E-state index >= 15 is 0 Å². The molecule has 0 spiro atoms. The number of benzene rings is 3. The van der Waals surface area contributed by atoms with Crippen molar-refractivity contribution in [1.82, 2.24) is 4.90 Å². The van der Waals surface area contributed by atoms with Gasteiger partial charge in [0.2, 0.25) is 0 Å². The first-order chi connectivity index (χ1) is 20.8. The number of hydrogen-bond acceptors (Lipinski definition) is 8. The van der Waals surface area contributed by atoms with Gasteiger partial charge in [-0.25, -0.2) is 9.59 Å². The molecule has 1 heterocycles. The number of rotatable bonds is 2. The molecule has 5 rings (SSSR count). The lowest BCUT2D eigenvalue weighted by molar-refractivity contribution is -0.134. The van der Waals surface area contributed by atoms with Crippen LogP contribution in [0.3, 0.4) is 0 Å². The van der Waals surface area contributed by atoms with E-state index in [4.69, 9.17) is 25.2 Å². The number of aromatic carboxylic acids is 2. The Labute approximate surface area is 254 Å². The third-order valence-corrected chi connectivity index (χ3v) is 5.34. The minimum atomic E-state index is -1.47. The summed E-state index contributed by atoms with van der Waals surface area (Å²) < 4.78 is 0. The molecule has 0 radical (unpaired) electrons. The van der Waals surface area contributed by atoms with Crippen LogP contribution in [0.2, 0.25) is 0 Å². The molecule has 0 atom stereocenters. The third-order valence-electron chi connectivity index (χ3n) is 5.34. The molecule has 2 aliphatic rings.